The van der Waals surface area contributed by atoms with Gasteiger partial charge in [-0.15, -0.1) is 0 Å². The van der Waals surface area contributed by atoms with Crippen LogP contribution in [0.4, 0.5) is 0 Å². The Morgan fingerprint density at radius 1 is 1.43 bits per heavy atom. The zero-order valence-electron chi connectivity index (χ0n) is 8.83. The van der Waals surface area contributed by atoms with Crippen LogP contribution in [-0.2, 0) is 4.79 Å². The van der Waals surface area contributed by atoms with Crippen molar-refractivity contribution >= 4 is 5.91 Å². The standard InChI is InChI=1S/C10H19N3O/c1-9-7-12(6-3-11-9)8-10(14)13-4-2-5-13/h9,11H,2-8H2,1H3/t9-/m1/s1. The molecule has 2 heterocycles. The van der Waals surface area contributed by atoms with E-state index in [1.807, 2.05) is 4.90 Å². The van der Waals surface area contributed by atoms with E-state index in [-0.39, 0.29) is 0 Å². The van der Waals surface area contributed by atoms with Crippen LogP contribution in [0.15, 0.2) is 0 Å². The molecule has 4 heteroatoms. The minimum absolute atomic E-state index is 0.311. The van der Waals surface area contributed by atoms with E-state index in [1.54, 1.807) is 0 Å². The fraction of sp³-hybridized carbons (Fsp3) is 0.900. The third kappa shape index (κ3) is 2.25. The number of rotatable bonds is 2. The number of piperazine rings is 1. The molecule has 0 aliphatic carbocycles. The molecule has 0 radical (unpaired) electrons. The molecule has 1 N–H and O–H groups in total. The van der Waals surface area contributed by atoms with E-state index >= 15 is 0 Å². The van der Waals surface area contributed by atoms with Crippen molar-refractivity contribution in [3.05, 3.63) is 0 Å². The van der Waals surface area contributed by atoms with Crippen molar-refractivity contribution in [2.75, 3.05) is 39.3 Å². The molecule has 0 aromatic heterocycles. The maximum atomic E-state index is 11.7. The van der Waals surface area contributed by atoms with Crippen LogP contribution >= 0.6 is 0 Å². The second-order valence-electron chi connectivity index (χ2n) is 4.32. The Kier molecular flexibility index (Phi) is 3.03. The molecule has 4 nitrogen and oxygen atoms in total. The number of carbonyl (C=O) groups is 1. The smallest absolute Gasteiger partial charge is 0.236 e. The van der Waals surface area contributed by atoms with Gasteiger partial charge >= 0.3 is 0 Å². The van der Waals surface area contributed by atoms with E-state index in [4.69, 9.17) is 0 Å². The highest BCUT2D eigenvalue weighted by Gasteiger charge is 2.24. The molecule has 2 rings (SSSR count). The Bertz CT molecular complexity index is 215. The van der Waals surface area contributed by atoms with Crippen molar-refractivity contribution in [1.82, 2.24) is 15.1 Å². The summed E-state index contributed by atoms with van der Waals surface area (Å²) in [5, 5.41) is 3.38. The lowest BCUT2D eigenvalue weighted by Gasteiger charge is -2.36. The predicted molar refractivity (Wildman–Crippen MR) is 55.1 cm³/mol. The van der Waals surface area contributed by atoms with E-state index in [1.165, 1.54) is 6.42 Å². The van der Waals surface area contributed by atoms with Crippen molar-refractivity contribution < 1.29 is 4.79 Å². The fourth-order valence-electron chi connectivity index (χ4n) is 2.01. The molecule has 0 aromatic carbocycles. The highest BCUT2D eigenvalue weighted by molar-refractivity contribution is 5.78. The first kappa shape index (κ1) is 9.93. The molecule has 2 fully saturated rings. The third-order valence-corrected chi connectivity index (χ3v) is 3.02. The number of hydrogen-bond donors (Lipinski definition) is 1. The molecule has 2 aliphatic heterocycles. The average molecular weight is 197 g/mol. The molecule has 0 bridgehead atoms. The maximum Gasteiger partial charge on any atom is 0.236 e. The Morgan fingerprint density at radius 2 is 2.21 bits per heavy atom. The normalized spacial score (nSPS) is 28.6. The summed E-state index contributed by atoms with van der Waals surface area (Å²) in [6, 6.07) is 0.521. The summed E-state index contributed by atoms with van der Waals surface area (Å²) in [5.41, 5.74) is 0. The predicted octanol–water partition coefficient (Wildman–Crippen LogP) is -0.488. The summed E-state index contributed by atoms with van der Waals surface area (Å²) in [6.45, 7) is 7.74. The quantitative estimate of drug-likeness (QED) is 0.649. The van der Waals surface area contributed by atoms with Crippen molar-refractivity contribution in [2.24, 2.45) is 0 Å². The van der Waals surface area contributed by atoms with Crippen LogP contribution in [0, 0.1) is 0 Å². The fourth-order valence-corrected chi connectivity index (χ4v) is 2.01. The Hall–Kier alpha value is -0.610. The van der Waals surface area contributed by atoms with Gasteiger partial charge in [-0.2, -0.15) is 0 Å². The first-order chi connectivity index (χ1) is 6.75. The number of likely N-dealkylation sites (tertiary alicyclic amines) is 1. The van der Waals surface area contributed by atoms with Crippen LogP contribution in [0.2, 0.25) is 0 Å². The molecule has 2 saturated heterocycles. The summed E-state index contributed by atoms with van der Waals surface area (Å²) >= 11 is 0. The van der Waals surface area contributed by atoms with Crippen molar-refractivity contribution in [2.45, 2.75) is 19.4 Å². The second-order valence-corrected chi connectivity index (χ2v) is 4.32. The first-order valence-corrected chi connectivity index (χ1v) is 5.49. The van der Waals surface area contributed by atoms with E-state index in [0.717, 1.165) is 32.7 Å². The highest BCUT2D eigenvalue weighted by atomic mass is 16.2. The van der Waals surface area contributed by atoms with Gasteiger partial charge in [-0.3, -0.25) is 9.69 Å². The van der Waals surface area contributed by atoms with Gasteiger partial charge in [0.15, 0.2) is 0 Å². The maximum absolute atomic E-state index is 11.7. The van der Waals surface area contributed by atoms with Crippen LogP contribution in [0.5, 0.6) is 0 Å². The second kappa shape index (κ2) is 4.28. The van der Waals surface area contributed by atoms with Crippen LogP contribution < -0.4 is 5.32 Å². The van der Waals surface area contributed by atoms with Crippen molar-refractivity contribution in [1.29, 1.82) is 0 Å². The Balaban J connectivity index is 1.75. The monoisotopic (exact) mass is 197 g/mol. The Labute approximate surface area is 85.2 Å². The molecule has 1 amide bonds. The minimum atomic E-state index is 0.311. The Morgan fingerprint density at radius 3 is 2.79 bits per heavy atom. The summed E-state index contributed by atoms with van der Waals surface area (Å²) < 4.78 is 0. The van der Waals surface area contributed by atoms with Gasteiger partial charge in [-0.1, -0.05) is 0 Å². The van der Waals surface area contributed by atoms with Gasteiger partial charge in [0, 0.05) is 38.8 Å². The summed E-state index contributed by atoms with van der Waals surface area (Å²) in [6.07, 6.45) is 1.18. The number of amides is 1. The minimum Gasteiger partial charge on any atom is -0.341 e. The molecule has 0 unspecified atom stereocenters. The van der Waals surface area contributed by atoms with Gasteiger partial charge in [0.25, 0.3) is 0 Å². The van der Waals surface area contributed by atoms with Gasteiger partial charge in [0.1, 0.15) is 0 Å². The van der Waals surface area contributed by atoms with Gasteiger partial charge in [-0.05, 0) is 13.3 Å². The molecule has 80 valence electrons. The SMILES string of the molecule is C[C@@H]1CN(CC(=O)N2CCC2)CCN1. The lowest BCUT2D eigenvalue weighted by Crippen LogP contribution is -2.53. The van der Waals surface area contributed by atoms with E-state index in [0.29, 0.717) is 18.5 Å². The van der Waals surface area contributed by atoms with Gasteiger partial charge < -0.3 is 10.2 Å². The number of hydrogen-bond acceptors (Lipinski definition) is 3. The highest BCUT2D eigenvalue weighted by Crippen LogP contribution is 2.07. The number of nitrogens with zero attached hydrogens (tertiary/aromatic N) is 2. The summed E-state index contributed by atoms with van der Waals surface area (Å²) in [4.78, 5) is 15.9. The van der Waals surface area contributed by atoms with Gasteiger partial charge in [0.2, 0.25) is 5.91 Å². The lowest BCUT2D eigenvalue weighted by atomic mass is 10.2. The van der Waals surface area contributed by atoms with E-state index in [9.17, 15) is 4.79 Å². The topological polar surface area (TPSA) is 35.6 Å². The average Bonchev–Trinajstić information content (AvgIpc) is 1.99. The number of carbonyl (C=O) groups excluding carboxylic acids is 1. The summed E-state index contributed by atoms with van der Waals surface area (Å²) in [5.74, 6) is 0.311. The zero-order chi connectivity index (χ0) is 9.97. The zero-order valence-corrected chi connectivity index (χ0v) is 8.83. The molecule has 0 spiro atoms. The van der Waals surface area contributed by atoms with Crippen LogP contribution in [0.3, 0.4) is 0 Å². The molecule has 0 aromatic rings. The largest absolute Gasteiger partial charge is 0.341 e. The molecular weight excluding hydrogens is 178 g/mol. The van der Waals surface area contributed by atoms with Crippen molar-refractivity contribution in [3.8, 4) is 0 Å². The number of nitrogens with one attached hydrogen (secondary N) is 1. The molecule has 14 heavy (non-hydrogen) atoms. The molecular formula is C10H19N3O. The lowest BCUT2D eigenvalue weighted by molar-refractivity contribution is -0.136. The molecule has 1 atom stereocenters. The first-order valence-electron chi connectivity index (χ1n) is 5.49. The molecule has 0 saturated carbocycles. The van der Waals surface area contributed by atoms with Crippen LogP contribution in [0.25, 0.3) is 0 Å². The van der Waals surface area contributed by atoms with Crippen molar-refractivity contribution in [3.63, 3.8) is 0 Å². The van der Waals surface area contributed by atoms with Gasteiger partial charge in [0.05, 0.1) is 6.54 Å². The van der Waals surface area contributed by atoms with E-state index < -0.39 is 0 Å². The summed E-state index contributed by atoms with van der Waals surface area (Å²) in [7, 11) is 0. The van der Waals surface area contributed by atoms with Crippen LogP contribution in [0.1, 0.15) is 13.3 Å². The van der Waals surface area contributed by atoms with Crippen LogP contribution in [-0.4, -0.2) is 61.0 Å². The molecule has 2 aliphatic rings. The van der Waals surface area contributed by atoms with E-state index in [2.05, 4.69) is 17.1 Å². The van der Waals surface area contributed by atoms with Gasteiger partial charge in [-0.25, -0.2) is 0 Å². The third-order valence-electron chi connectivity index (χ3n) is 3.02.